The van der Waals surface area contributed by atoms with Crippen LogP contribution in [0.3, 0.4) is 0 Å². The van der Waals surface area contributed by atoms with Crippen LogP contribution in [0.25, 0.3) is 0 Å². The van der Waals surface area contributed by atoms with Crippen molar-refractivity contribution in [3.05, 3.63) is 59.7 Å². The molecule has 1 saturated heterocycles. The molecule has 0 spiro atoms. The molecule has 0 saturated carbocycles. The summed E-state index contributed by atoms with van der Waals surface area (Å²) in [5, 5.41) is 2.86. The number of nitrogens with zero attached hydrogens (tertiary/aromatic N) is 1. The number of nitrogens with one attached hydrogen (secondary N) is 1. The number of amides is 2. The maximum atomic E-state index is 12.5. The van der Waals surface area contributed by atoms with Gasteiger partial charge in [-0.2, -0.15) is 0 Å². The average molecular weight is 354 g/mol. The summed E-state index contributed by atoms with van der Waals surface area (Å²) in [4.78, 5) is 26.1. The van der Waals surface area contributed by atoms with E-state index in [2.05, 4.69) is 5.32 Å². The average Bonchev–Trinajstić information content (AvgIpc) is 2.97. The lowest BCUT2D eigenvalue weighted by Gasteiger charge is -2.25. The molecule has 0 bridgehead atoms. The Labute approximate surface area is 152 Å². The summed E-state index contributed by atoms with van der Waals surface area (Å²) in [6, 6.07) is 15.8. The van der Waals surface area contributed by atoms with Gasteiger partial charge in [-0.25, -0.2) is 0 Å². The van der Waals surface area contributed by atoms with Crippen molar-refractivity contribution in [1.29, 1.82) is 0 Å². The van der Waals surface area contributed by atoms with Crippen LogP contribution in [0.4, 0.5) is 11.4 Å². The molecule has 1 N–H and O–H groups in total. The molecule has 2 amide bonds. The van der Waals surface area contributed by atoms with Gasteiger partial charge >= 0.3 is 0 Å². The Bertz CT molecular complexity index is 791. The SMILES string of the molecule is CCCC(=O)Nc1cccc([C@H]2SCC(=O)N2c2cccc(C)c2)c1. The van der Waals surface area contributed by atoms with E-state index in [4.69, 9.17) is 0 Å². The highest BCUT2D eigenvalue weighted by atomic mass is 32.2. The first-order valence-electron chi connectivity index (χ1n) is 8.48. The summed E-state index contributed by atoms with van der Waals surface area (Å²) in [7, 11) is 0. The zero-order valence-corrected chi connectivity index (χ0v) is 15.3. The molecule has 0 aromatic heterocycles. The van der Waals surface area contributed by atoms with Crippen molar-refractivity contribution in [3.63, 3.8) is 0 Å². The van der Waals surface area contributed by atoms with Crippen LogP contribution >= 0.6 is 11.8 Å². The van der Waals surface area contributed by atoms with Crippen LogP contribution in [0.2, 0.25) is 0 Å². The molecule has 1 heterocycles. The van der Waals surface area contributed by atoms with E-state index in [-0.39, 0.29) is 17.2 Å². The molecule has 0 unspecified atom stereocenters. The van der Waals surface area contributed by atoms with E-state index in [1.54, 1.807) is 11.8 Å². The fraction of sp³-hybridized carbons (Fsp3) is 0.300. The first-order chi connectivity index (χ1) is 12.1. The number of hydrogen-bond acceptors (Lipinski definition) is 3. The first kappa shape index (κ1) is 17.5. The standard InChI is InChI=1S/C20H22N2O2S/c1-3-6-18(23)21-16-9-5-8-15(12-16)20-22(19(24)13-25-20)17-10-4-7-14(2)11-17/h4-5,7-12,20H,3,6,13H2,1-2H3,(H,21,23)/t20-/m1/s1. The lowest BCUT2D eigenvalue weighted by atomic mass is 10.1. The molecule has 1 aliphatic rings. The van der Waals surface area contributed by atoms with Crippen LogP contribution in [0.5, 0.6) is 0 Å². The molecule has 25 heavy (non-hydrogen) atoms. The predicted molar refractivity (Wildman–Crippen MR) is 104 cm³/mol. The number of carbonyl (C=O) groups is 2. The number of aryl methyl sites for hydroxylation is 1. The second-order valence-electron chi connectivity index (χ2n) is 6.19. The van der Waals surface area contributed by atoms with Gasteiger partial charge in [0, 0.05) is 17.8 Å². The van der Waals surface area contributed by atoms with Crippen molar-refractivity contribution in [2.45, 2.75) is 32.1 Å². The Kier molecular flexibility index (Phi) is 5.43. The van der Waals surface area contributed by atoms with Gasteiger partial charge in [0.1, 0.15) is 5.37 Å². The number of rotatable bonds is 5. The Morgan fingerprint density at radius 3 is 2.80 bits per heavy atom. The van der Waals surface area contributed by atoms with E-state index in [9.17, 15) is 9.59 Å². The van der Waals surface area contributed by atoms with Gasteiger partial charge in [0.05, 0.1) is 5.75 Å². The van der Waals surface area contributed by atoms with Crippen molar-refractivity contribution in [3.8, 4) is 0 Å². The second kappa shape index (κ2) is 7.74. The van der Waals surface area contributed by atoms with Gasteiger partial charge < -0.3 is 5.32 Å². The molecule has 130 valence electrons. The van der Waals surface area contributed by atoms with Gasteiger partial charge in [0.2, 0.25) is 11.8 Å². The van der Waals surface area contributed by atoms with Crippen LogP contribution in [-0.4, -0.2) is 17.6 Å². The second-order valence-corrected chi connectivity index (χ2v) is 7.26. The molecule has 2 aromatic carbocycles. The highest BCUT2D eigenvalue weighted by Gasteiger charge is 2.34. The third-order valence-corrected chi connectivity index (χ3v) is 5.29. The minimum absolute atomic E-state index is 0.0188. The van der Waals surface area contributed by atoms with Crippen LogP contribution in [0.1, 0.15) is 36.3 Å². The molecule has 1 aliphatic heterocycles. The third-order valence-electron chi connectivity index (χ3n) is 4.08. The van der Waals surface area contributed by atoms with Crippen LogP contribution in [0, 0.1) is 6.92 Å². The molecule has 5 heteroatoms. The molecule has 0 aliphatic carbocycles. The molecule has 4 nitrogen and oxygen atoms in total. The molecule has 2 aromatic rings. The normalized spacial score (nSPS) is 17.0. The highest BCUT2D eigenvalue weighted by Crippen LogP contribution is 2.42. The fourth-order valence-electron chi connectivity index (χ4n) is 2.95. The first-order valence-corrected chi connectivity index (χ1v) is 9.53. The largest absolute Gasteiger partial charge is 0.326 e. The summed E-state index contributed by atoms with van der Waals surface area (Å²) in [6.45, 7) is 4.01. The van der Waals surface area contributed by atoms with Crippen LogP contribution < -0.4 is 10.2 Å². The third kappa shape index (κ3) is 4.04. The summed E-state index contributed by atoms with van der Waals surface area (Å²) in [5.74, 6) is 0.594. The maximum Gasteiger partial charge on any atom is 0.238 e. The Morgan fingerprint density at radius 2 is 2.04 bits per heavy atom. The maximum absolute atomic E-state index is 12.5. The van der Waals surface area contributed by atoms with E-state index in [1.807, 2.05) is 67.3 Å². The molecular weight excluding hydrogens is 332 g/mol. The lowest BCUT2D eigenvalue weighted by molar-refractivity contribution is -0.116. The number of thioether (sulfide) groups is 1. The van der Waals surface area contributed by atoms with Crippen molar-refractivity contribution >= 4 is 35.0 Å². The number of anilines is 2. The molecule has 0 radical (unpaired) electrons. The summed E-state index contributed by atoms with van der Waals surface area (Å²) < 4.78 is 0. The van der Waals surface area contributed by atoms with Gasteiger partial charge in [-0.1, -0.05) is 31.2 Å². The van der Waals surface area contributed by atoms with E-state index in [0.29, 0.717) is 12.2 Å². The Morgan fingerprint density at radius 1 is 1.24 bits per heavy atom. The zero-order chi connectivity index (χ0) is 17.8. The topological polar surface area (TPSA) is 49.4 Å². The molecule has 3 rings (SSSR count). The van der Waals surface area contributed by atoms with Gasteiger partial charge in [0.15, 0.2) is 0 Å². The summed E-state index contributed by atoms with van der Waals surface area (Å²) >= 11 is 1.61. The van der Waals surface area contributed by atoms with Crippen molar-refractivity contribution in [2.24, 2.45) is 0 Å². The minimum atomic E-state index is -0.0719. The monoisotopic (exact) mass is 354 g/mol. The number of carbonyl (C=O) groups excluding carboxylic acids is 2. The van der Waals surface area contributed by atoms with Gasteiger partial charge in [-0.3, -0.25) is 14.5 Å². The lowest BCUT2D eigenvalue weighted by Crippen LogP contribution is -2.27. The van der Waals surface area contributed by atoms with Gasteiger partial charge in [-0.15, -0.1) is 11.8 Å². The highest BCUT2D eigenvalue weighted by molar-refractivity contribution is 8.00. The smallest absolute Gasteiger partial charge is 0.238 e. The van der Waals surface area contributed by atoms with E-state index < -0.39 is 0 Å². The van der Waals surface area contributed by atoms with E-state index in [1.165, 1.54) is 0 Å². The van der Waals surface area contributed by atoms with Crippen molar-refractivity contribution < 1.29 is 9.59 Å². The van der Waals surface area contributed by atoms with Gasteiger partial charge in [-0.05, 0) is 48.7 Å². The van der Waals surface area contributed by atoms with Crippen molar-refractivity contribution in [2.75, 3.05) is 16.0 Å². The van der Waals surface area contributed by atoms with E-state index >= 15 is 0 Å². The van der Waals surface area contributed by atoms with Crippen LogP contribution in [-0.2, 0) is 9.59 Å². The molecule has 1 atom stereocenters. The minimum Gasteiger partial charge on any atom is -0.326 e. The van der Waals surface area contributed by atoms with Crippen molar-refractivity contribution in [1.82, 2.24) is 0 Å². The number of hydrogen-bond donors (Lipinski definition) is 1. The zero-order valence-electron chi connectivity index (χ0n) is 14.5. The number of benzene rings is 2. The summed E-state index contributed by atoms with van der Waals surface area (Å²) in [5.41, 5.74) is 3.84. The Hall–Kier alpha value is -2.27. The quantitative estimate of drug-likeness (QED) is 0.859. The predicted octanol–water partition coefficient (Wildman–Crippen LogP) is 4.51. The summed E-state index contributed by atoms with van der Waals surface area (Å²) in [6.07, 6.45) is 1.33. The van der Waals surface area contributed by atoms with E-state index in [0.717, 1.165) is 28.9 Å². The van der Waals surface area contributed by atoms with Gasteiger partial charge in [0.25, 0.3) is 0 Å². The molecule has 1 fully saturated rings. The Balaban J connectivity index is 1.87. The van der Waals surface area contributed by atoms with Crippen LogP contribution in [0.15, 0.2) is 48.5 Å². The molecular formula is C20H22N2O2S. The fourth-order valence-corrected chi connectivity index (χ4v) is 4.12.